The predicted molar refractivity (Wildman–Crippen MR) is 128 cm³/mol. The first-order valence-corrected chi connectivity index (χ1v) is 13.3. The average Bonchev–Trinajstić information content (AvgIpc) is 3.37. The molecule has 0 radical (unpaired) electrons. The summed E-state index contributed by atoms with van der Waals surface area (Å²) < 4.78 is 64.9. The zero-order valence-corrected chi connectivity index (χ0v) is 21.3. The van der Waals surface area contributed by atoms with E-state index < -0.39 is 45.4 Å². The summed E-state index contributed by atoms with van der Waals surface area (Å²) in [6.45, 7) is 5.47. The Labute approximate surface area is 212 Å². The van der Waals surface area contributed by atoms with Crippen LogP contribution in [0.1, 0.15) is 38.4 Å². The number of carbonyl (C=O) groups excluding carboxylic acids is 2. The molecule has 4 rings (SSSR count). The van der Waals surface area contributed by atoms with Gasteiger partial charge in [0, 0.05) is 5.56 Å². The van der Waals surface area contributed by atoms with Gasteiger partial charge in [-0.1, -0.05) is 11.3 Å². The normalized spacial score (nSPS) is 19.4. The summed E-state index contributed by atoms with van der Waals surface area (Å²) in [6, 6.07) is 2.06. The van der Waals surface area contributed by atoms with Gasteiger partial charge in [-0.05, 0) is 44.9 Å². The minimum atomic E-state index is -3.25. The van der Waals surface area contributed by atoms with Gasteiger partial charge in [0.1, 0.15) is 29.0 Å². The number of ether oxygens (including phenoxy) is 2. The van der Waals surface area contributed by atoms with Crippen LogP contribution in [0.2, 0.25) is 0 Å². The molecule has 11 nitrogen and oxygen atoms in total. The second-order valence-corrected chi connectivity index (χ2v) is 12.0. The second-order valence-electron chi connectivity index (χ2n) is 9.78. The van der Waals surface area contributed by atoms with Crippen LogP contribution in [0.15, 0.2) is 24.4 Å². The number of cyclic esters (lactones) is 1. The first-order chi connectivity index (χ1) is 17.3. The van der Waals surface area contributed by atoms with Gasteiger partial charge in [-0.15, -0.1) is 5.10 Å². The van der Waals surface area contributed by atoms with Gasteiger partial charge in [-0.25, -0.2) is 31.5 Å². The number of benzene rings is 1. The number of halogens is 2. The molecule has 1 aromatic heterocycles. The van der Waals surface area contributed by atoms with Crippen molar-refractivity contribution in [3.63, 3.8) is 0 Å². The van der Waals surface area contributed by atoms with Gasteiger partial charge < -0.3 is 14.8 Å². The molecular formula is C23H27F2N5O6S. The molecule has 14 heteroatoms. The molecule has 1 saturated heterocycles. The number of nitrogens with zero attached hydrogens (tertiary/aromatic N) is 4. The highest BCUT2D eigenvalue weighted by Crippen LogP contribution is 2.32. The van der Waals surface area contributed by atoms with E-state index in [1.165, 1.54) is 10.8 Å². The number of aromatic nitrogens is 3. The Hall–Kier alpha value is -3.55. The maximum Gasteiger partial charge on any atom is 0.414 e. The first-order valence-electron chi connectivity index (χ1n) is 11.5. The monoisotopic (exact) mass is 539 g/mol. The van der Waals surface area contributed by atoms with E-state index in [1.807, 2.05) is 0 Å². The predicted octanol–water partition coefficient (Wildman–Crippen LogP) is 2.81. The summed E-state index contributed by atoms with van der Waals surface area (Å²) in [4.78, 5) is 25.3. The van der Waals surface area contributed by atoms with Gasteiger partial charge in [0.25, 0.3) is 0 Å². The lowest BCUT2D eigenvalue weighted by atomic mass is 10.0. The van der Waals surface area contributed by atoms with Crippen LogP contribution in [0.5, 0.6) is 0 Å². The van der Waals surface area contributed by atoms with Gasteiger partial charge in [-0.3, -0.25) is 4.90 Å². The number of allylic oxidation sites excluding steroid dienone is 1. The van der Waals surface area contributed by atoms with Crippen molar-refractivity contribution < 1.29 is 36.3 Å². The van der Waals surface area contributed by atoms with Crippen molar-refractivity contribution in [1.82, 2.24) is 20.3 Å². The second kappa shape index (κ2) is 10.1. The lowest BCUT2D eigenvalue weighted by Gasteiger charge is -2.19. The standard InChI is InChI=1S/C23H27F2N5O6S/c1-23(2,3)36-21(31)26-10-15-11-29(28-27-15)12-17-13-30(22(32)35-17)16-8-18(24)20(19(25)9-16)14-4-6-37(33,34)7-5-14/h4,8-9,11,17H,5-7,10,12-13H2,1-3H3,(H,26,31). The van der Waals surface area contributed by atoms with Gasteiger partial charge in [0.2, 0.25) is 0 Å². The highest BCUT2D eigenvalue weighted by atomic mass is 32.2. The smallest absolute Gasteiger partial charge is 0.414 e. The Morgan fingerprint density at radius 1 is 1.27 bits per heavy atom. The van der Waals surface area contributed by atoms with E-state index in [0.29, 0.717) is 5.69 Å². The Morgan fingerprint density at radius 3 is 2.59 bits per heavy atom. The van der Waals surface area contributed by atoms with Crippen molar-refractivity contribution in [2.24, 2.45) is 0 Å². The number of hydrogen-bond donors (Lipinski definition) is 1. The number of sulfone groups is 1. The molecule has 3 heterocycles. The third kappa shape index (κ3) is 6.61. The fourth-order valence-corrected chi connectivity index (χ4v) is 5.10. The Morgan fingerprint density at radius 2 is 1.97 bits per heavy atom. The fourth-order valence-electron chi connectivity index (χ4n) is 3.95. The molecule has 2 aliphatic heterocycles. The number of amides is 2. The van der Waals surface area contributed by atoms with Crippen LogP contribution in [0.3, 0.4) is 0 Å². The minimum absolute atomic E-state index is 0.0105. The molecule has 0 aliphatic carbocycles. The SMILES string of the molecule is CC(C)(C)OC(=O)NCc1cn(CC2CN(c3cc(F)c(C4=CCS(=O)(=O)CC4)c(F)c3)C(=O)O2)nn1. The number of hydrogen-bond acceptors (Lipinski definition) is 8. The van der Waals surface area contributed by atoms with Crippen LogP contribution in [0, 0.1) is 11.6 Å². The van der Waals surface area contributed by atoms with Gasteiger partial charge >= 0.3 is 12.2 Å². The van der Waals surface area contributed by atoms with E-state index in [9.17, 15) is 26.8 Å². The van der Waals surface area contributed by atoms with Crippen LogP contribution in [-0.2, 0) is 32.4 Å². The van der Waals surface area contributed by atoms with Crippen molar-refractivity contribution in [3.8, 4) is 0 Å². The van der Waals surface area contributed by atoms with Crippen LogP contribution in [-0.4, -0.2) is 65.4 Å². The quantitative estimate of drug-likeness (QED) is 0.593. The van der Waals surface area contributed by atoms with Gasteiger partial charge in [0.05, 0.1) is 43.0 Å². The summed E-state index contributed by atoms with van der Waals surface area (Å²) in [5.41, 5.74) is -0.213. The maximum absolute atomic E-state index is 14.9. The van der Waals surface area contributed by atoms with Crippen LogP contribution < -0.4 is 10.2 Å². The van der Waals surface area contributed by atoms with E-state index in [0.717, 1.165) is 17.0 Å². The number of alkyl carbamates (subject to hydrolysis) is 1. The van der Waals surface area contributed by atoms with Crippen LogP contribution in [0.25, 0.3) is 5.57 Å². The van der Waals surface area contributed by atoms with E-state index >= 15 is 0 Å². The van der Waals surface area contributed by atoms with Crippen molar-refractivity contribution in [1.29, 1.82) is 0 Å². The van der Waals surface area contributed by atoms with Crippen molar-refractivity contribution in [2.75, 3.05) is 23.0 Å². The highest BCUT2D eigenvalue weighted by Gasteiger charge is 2.34. The fraction of sp³-hybridized carbons (Fsp3) is 0.478. The Kier molecular flexibility index (Phi) is 7.22. The molecule has 0 saturated carbocycles. The topological polar surface area (TPSA) is 133 Å². The highest BCUT2D eigenvalue weighted by molar-refractivity contribution is 7.91. The summed E-state index contributed by atoms with van der Waals surface area (Å²) in [7, 11) is -3.25. The van der Waals surface area contributed by atoms with Crippen molar-refractivity contribution in [3.05, 3.63) is 47.3 Å². The molecule has 0 bridgehead atoms. The zero-order valence-electron chi connectivity index (χ0n) is 20.5. The van der Waals surface area contributed by atoms with E-state index in [1.54, 1.807) is 27.0 Å². The third-order valence-electron chi connectivity index (χ3n) is 5.59. The largest absolute Gasteiger partial charge is 0.444 e. The molecule has 2 amide bonds. The molecule has 1 fully saturated rings. The lowest BCUT2D eigenvalue weighted by Crippen LogP contribution is -2.32. The van der Waals surface area contributed by atoms with E-state index in [2.05, 4.69) is 15.6 Å². The maximum atomic E-state index is 14.9. The van der Waals surface area contributed by atoms with Crippen molar-refractivity contribution >= 4 is 33.3 Å². The van der Waals surface area contributed by atoms with Gasteiger partial charge in [0.15, 0.2) is 9.84 Å². The van der Waals surface area contributed by atoms with Crippen LogP contribution in [0.4, 0.5) is 24.1 Å². The Balaban J connectivity index is 1.38. The summed E-state index contributed by atoms with van der Waals surface area (Å²) >= 11 is 0. The molecule has 200 valence electrons. The number of nitrogens with one attached hydrogen (secondary N) is 1. The zero-order chi connectivity index (χ0) is 27.0. The molecule has 1 atom stereocenters. The third-order valence-corrected chi connectivity index (χ3v) is 7.09. The lowest BCUT2D eigenvalue weighted by molar-refractivity contribution is 0.0522. The molecule has 2 aliphatic rings. The molecule has 37 heavy (non-hydrogen) atoms. The molecule has 0 spiro atoms. The molecule has 1 aromatic carbocycles. The number of carbonyl (C=O) groups is 2. The van der Waals surface area contributed by atoms with Crippen LogP contribution >= 0.6 is 0 Å². The Bertz CT molecular complexity index is 1330. The number of rotatable bonds is 6. The first kappa shape index (κ1) is 26.5. The summed E-state index contributed by atoms with van der Waals surface area (Å²) in [5.74, 6) is -2.24. The van der Waals surface area contributed by atoms with Crippen molar-refractivity contribution in [2.45, 2.75) is 52.0 Å². The average molecular weight is 540 g/mol. The summed E-state index contributed by atoms with van der Waals surface area (Å²) in [5, 5.41) is 10.5. The molecule has 1 N–H and O–H groups in total. The number of anilines is 1. The van der Waals surface area contributed by atoms with E-state index in [-0.39, 0.29) is 54.4 Å². The molecule has 2 aromatic rings. The minimum Gasteiger partial charge on any atom is -0.444 e. The van der Waals surface area contributed by atoms with E-state index in [4.69, 9.17) is 9.47 Å². The van der Waals surface area contributed by atoms with Gasteiger partial charge in [-0.2, -0.15) is 0 Å². The molecular weight excluding hydrogens is 512 g/mol. The summed E-state index contributed by atoms with van der Waals surface area (Å²) in [6.07, 6.45) is 0.855. The molecule has 1 unspecified atom stereocenters.